The van der Waals surface area contributed by atoms with Crippen molar-refractivity contribution in [2.24, 2.45) is 0 Å². The molecule has 5 nitrogen and oxygen atoms in total. The van der Waals surface area contributed by atoms with Gasteiger partial charge in [-0.3, -0.25) is 0 Å². The van der Waals surface area contributed by atoms with E-state index in [2.05, 4.69) is 17.6 Å². The number of aryl methyl sites for hydroxylation is 1. The summed E-state index contributed by atoms with van der Waals surface area (Å²) in [6.45, 7) is 4.04. The largest absolute Gasteiger partial charge is 0.496 e. The summed E-state index contributed by atoms with van der Waals surface area (Å²) in [5, 5.41) is 8.18. The molecule has 0 saturated carbocycles. The first-order valence-electron chi connectivity index (χ1n) is 9.82. The average molecular weight is 392 g/mol. The van der Waals surface area contributed by atoms with Gasteiger partial charge in [0, 0.05) is 11.4 Å². The van der Waals surface area contributed by atoms with Crippen LogP contribution in [-0.2, 0) is 6.42 Å². The highest BCUT2D eigenvalue weighted by Gasteiger charge is 2.16. The Bertz CT molecular complexity index is 995. The van der Waals surface area contributed by atoms with Crippen LogP contribution >= 0.6 is 0 Å². The molecule has 2 amide bonds. The lowest BCUT2D eigenvalue weighted by Gasteiger charge is -2.20. The van der Waals surface area contributed by atoms with Gasteiger partial charge in [-0.15, -0.1) is 0 Å². The van der Waals surface area contributed by atoms with Crippen molar-refractivity contribution in [3.8, 4) is 11.5 Å². The number of fused-ring (bicyclic) bond motifs is 1. The Kier molecular flexibility index (Phi) is 6.60. The zero-order valence-corrected chi connectivity index (χ0v) is 17.4. The van der Waals surface area contributed by atoms with Gasteiger partial charge in [-0.25, -0.2) is 4.79 Å². The molecule has 0 aromatic heterocycles. The number of amides is 2. The van der Waals surface area contributed by atoms with Crippen molar-refractivity contribution < 1.29 is 14.3 Å². The maximum Gasteiger partial charge on any atom is 0.319 e. The number of carbonyl (C=O) groups is 1. The Balaban J connectivity index is 1.74. The van der Waals surface area contributed by atoms with E-state index < -0.39 is 0 Å². The predicted molar refractivity (Wildman–Crippen MR) is 118 cm³/mol. The monoisotopic (exact) mass is 392 g/mol. The molecule has 0 fully saturated rings. The van der Waals surface area contributed by atoms with Crippen molar-refractivity contribution in [1.29, 1.82) is 0 Å². The Labute approximate surface area is 172 Å². The molecule has 2 N–H and O–H groups in total. The quantitative estimate of drug-likeness (QED) is 0.573. The van der Waals surface area contributed by atoms with Crippen LogP contribution in [0.4, 0.5) is 10.5 Å². The van der Waals surface area contributed by atoms with Gasteiger partial charge >= 0.3 is 6.03 Å². The van der Waals surface area contributed by atoms with Crippen molar-refractivity contribution in [3.63, 3.8) is 0 Å². The van der Waals surface area contributed by atoms with Gasteiger partial charge in [0.2, 0.25) is 0 Å². The number of methoxy groups -OCH3 is 2. The second-order valence-corrected chi connectivity index (χ2v) is 7.07. The van der Waals surface area contributed by atoms with E-state index in [1.165, 1.54) is 0 Å². The number of anilines is 1. The molecule has 0 aliphatic rings. The summed E-state index contributed by atoms with van der Waals surface area (Å²) in [6.07, 6.45) is 1.45. The van der Waals surface area contributed by atoms with E-state index in [4.69, 9.17) is 9.47 Å². The molecule has 3 rings (SSSR count). The fourth-order valence-corrected chi connectivity index (χ4v) is 3.51. The highest BCUT2D eigenvalue weighted by atomic mass is 16.5. The van der Waals surface area contributed by atoms with Crippen molar-refractivity contribution in [2.75, 3.05) is 19.5 Å². The average Bonchev–Trinajstić information content (AvgIpc) is 2.74. The van der Waals surface area contributed by atoms with Gasteiger partial charge in [-0.1, -0.05) is 43.3 Å². The normalized spacial score (nSPS) is 11.7. The second-order valence-electron chi connectivity index (χ2n) is 7.07. The van der Waals surface area contributed by atoms with E-state index in [0.29, 0.717) is 6.42 Å². The van der Waals surface area contributed by atoms with Crippen LogP contribution in [0.5, 0.6) is 11.5 Å². The zero-order chi connectivity index (χ0) is 20.8. The summed E-state index contributed by atoms with van der Waals surface area (Å²) in [4.78, 5) is 12.7. The van der Waals surface area contributed by atoms with E-state index in [1.807, 2.05) is 61.5 Å². The summed E-state index contributed by atoms with van der Waals surface area (Å²) in [7, 11) is 3.32. The molecule has 29 heavy (non-hydrogen) atoms. The van der Waals surface area contributed by atoms with Crippen LogP contribution < -0.4 is 20.1 Å². The summed E-state index contributed by atoms with van der Waals surface area (Å²) >= 11 is 0. The van der Waals surface area contributed by atoms with E-state index in [1.54, 1.807) is 14.2 Å². The number of hydrogen-bond donors (Lipinski definition) is 2. The molecule has 0 saturated heterocycles. The third-order valence-corrected chi connectivity index (χ3v) is 5.13. The second kappa shape index (κ2) is 9.32. The highest BCUT2D eigenvalue weighted by molar-refractivity contribution is 6.01. The minimum atomic E-state index is -0.216. The summed E-state index contributed by atoms with van der Waals surface area (Å²) in [6, 6.07) is 17.6. The molecule has 5 heteroatoms. The fourth-order valence-electron chi connectivity index (χ4n) is 3.51. The van der Waals surface area contributed by atoms with Crippen LogP contribution in [0.25, 0.3) is 10.8 Å². The predicted octanol–water partition coefficient (Wildman–Crippen LogP) is 5.31. The lowest BCUT2D eigenvalue weighted by Crippen LogP contribution is -2.39. The first-order chi connectivity index (χ1) is 14.0. The number of urea groups is 1. The van der Waals surface area contributed by atoms with Gasteiger partial charge in [-0.2, -0.15) is 0 Å². The number of ether oxygens (including phenoxy) is 2. The molecule has 0 aliphatic heterocycles. The molecular weight excluding hydrogens is 364 g/mol. The Hall–Kier alpha value is -3.21. The van der Waals surface area contributed by atoms with Crippen molar-refractivity contribution in [3.05, 3.63) is 65.7 Å². The van der Waals surface area contributed by atoms with Crippen LogP contribution in [0, 0.1) is 6.92 Å². The smallest absolute Gasteiger partial charge is 0.319 e. The lowest BCUT2D eigenvalue weighted by atomic mass is 10.0. The van der Waals surface area contributed by atoms with Crippen molar-refractivity contribution in [1.82, 2.24) is 5.32 Å². The Morgan fingerprint density at radius 3 is 2.45 bits per heavy atom. The fraction of sp³-hybridized carbons (Fsp3) is 0.292. The van der Waals surface area contributed by atoms with Crippen LogP contribution in [0.1, 0.15) is 24.5 Å². The number of hydrogen-bond acceptors (Lipinski definition) is 3. The first-order valence-corrected chi connectivity index (χ1v) is 9.82. The summed E-state index contributed by atoms with van der Waals surface area (Å²) in [5.74, 6) is 1.62. The maximum absolute atomic E-state index is 12.7. The molecule has 0 heterocycles. The molecule has 0 radical (unpaired) electrons. The van der Waals surface area contributed by atoms with Crippen LogP contribution in [0.3, 0.4) is 0 Å². The molecule has 152 valence electrons. The molecule has 0 bridgehead atoms. The van der Waals surface area contributed by atoms with Gasteiger partial charge in [0.05, 0.1) is 19.9 Å². The maximum atomic E-state index is 12.7. The molecule has 3 aromatic rings. The van der Waals surface area contributed by atoms with E-state index in [-0.39, 0.29) is 12.1 Å². The number of rotatable bonds is 7. The molecule has 1 atom stereocenters. The standard InChI is InChI=1S/C24H28N2O3/c1-5-19(14-18-15-22(28-3)16(2)13-23(18)29-4)25-24(27)26-21-12-8-10-17-9-6-7-11-20(17)21/h6-13,15,19H,5,14H2,1-4H3,(H2,25,26,27)/t19-/m0/s1. The number of benzene rings is 3. The molecule has 0 aliphatic carbocycles. The summed E-state index contributed by atoms with van der Waals surface area (Å²) < 4.78 is 11.0. The van der Waals surface area contributed by atoms with E-state index >= 15 is 0 Å². The van der Waals surface area contributed by atoms with Gasteiger partial charge in [0.25, 0.3) is 0 Å². The first kappa shape index (κ1) is 20.5. The third-order valence-electron chi connectivity index (χ3n) is 5.13. The lowest BCUT2D eigenvalue weighted by molar-refractivity contribution is 0.248. The minimum Gasteiger partial charge on any atom is -0.496 e. The topological polar surface area (TPSA) is 59.6 Å². The van der Waals surface area contributed by atoms with Crippen LogP contribution in [0.15, 0.2) is 54.6 Å². The third kappa shape index (κ3) is 4.80. The Morgan fingerprint density at radius 2 is 1.72 bits per heavy atom. The van der Waals surface area contributed by atoms with Gasteiger partial charge in [-0.05, 0) is 54.5 Å². The highest BCUT2D eigenvalue weighted by Crippen LogP contribution is 2.29. The minimum absolute atomic E-state index is 0.0358. The zero-order valence-electron chi connectivity index (χ0n) is 17.4. The van der Waals surface area contributed by atoms with Gasteiger partial charge < -0.3 is 20.1 Å². The van der Waals surface area contributed by atoms with E-state index in [0.717, 1.165) is 45.5 Å². The van der Waals surface area contributed by atoms with Crippen molar-refractivity contribution >= 4 is 22.5 Å². The Morgan fingerprint density at radius 1 is 1.00 bits per heavy atom. The van der Waals surface area contributed by atoms with Gasteiger partial charge in [0.15, 0.2) is 0 Å². The SMILES string of the molecule is CC[C@@H](Cc1cc(OC)c(C)cc1OC)NC(=O)Nc1cccc2ccccc12. The molecular formula is C24H28N2O3. The van der Waals surface area contributed by atoms with Crippen molar-refractivity contribution in [2.45, 2.75) is 32.7 Å². The van der Waals surface area contributed by atoms with Crippen LogP contribution in [-0.4, -0.2) is 26.3 Å². The van der Waals surface area contributed by atoms with Crippen LogP contribution in [0.2, 0.25) is 0 Å². The molecule has 0 spiro atoms. The molecule has 3 aromatic carbocycles. The van der Waals surface area contributed by atoms with E-state index in [9.17, 15) is 4.79 Å². The molecule has 0 unspecified atom stereocenters. The van der Waals surface area contributed by atoms with Gasteiger partial charge in [0.1, 0.15) is 11.5 Å². The summed E-state index contributed by atoms with van der Waals surface area (Å²) in [5.41, 5.74) is 2.82. The number of carbonyl (C=O) groups excluding carboxylic acids is 1. The number of nitrogens with one attached hydrogen (secondary N) is 2.